The molecule has 0 bridgehead atoms. The van der Waals surface area contributed by atoms with Gasteiger partial charge in [0.15, 0.2) is 6.61 Å². The fourth-order valence-corrected chi connectivity index (χ4v) is 2.19. The van der Waals surface area contributed by atoms with Crippen molar-refractivity contribution in [1.29, 1.82) is 0 Å². The minimum absolute atomic E-state index is 0.0630. The highest BCUT2D eigenvalue weighted by Gasteiger charge is 2.11. The molecule has 0 saturated heterocycles. The molecule has 1 atom stereocenters. The maximum absolute atomic E-state index is 11.5. The molecule has 112 valence electrons. The summed E-state index contributed by atoms with van der Waals surface area (Å²) in [5.74, 6) is 0.401. The first-order chi connectivity index (χ1) is 9.29. The Hall–Kier alpha value is -1.55. The first-order valence-corrected chi connectivity index (χ1v) is 6.97. The van der Waals surface area contributed by atoms with Gasteiger partial charge in [0, 0.05) is 6.04 Å². The van der Waals surface area contributed by atoms with Crippen LogP contribution in [0.15, 0.2) is 12.1 Å². The van der Waals surface area contributed by atoms with E-state index in [2.05, 4.69) is 12.1 Å². The zero-order valence-corrected chi connectivity index (χ0v) is 13.0. The summed E-state index contributed by atoms with van der Waals surface area (Å²) in [5, 5.41) is 0. The molecule has 0 spiro atoms. The van der Waals surface area contributed by atoms with Crippen LogP contribution in [0.2, 0.25) is 0 Å². The van der Waals surface area contributed by atoms with Crippen molar-refractivity contribution in [2.75, 3.05) is 6.61 Å². The van der Waals surface area contributed by atoms with E-state index in [0.29, 0.717) is 0 Å². The van der Waals surface area contributed by atoms with Crippen LogP contribution in [0.4, 0.5) is 0 Å². The van der Waals surface area contributed by atoms with E-state index in [1.54, 1.807) is 0 Å². The third kappa shape index (κ3) is 5.21. The predicted octanol–water partition coefficient (Wildman–Crippen LogP) is 2.52. The van der Waals surface area contributed by atoms with Gasteiger partial charge in [0.25, 0.3) is 0 Å². The Labute approximate surface area is 121 Å². The Morgan fingerprint density at radius 1 is 1.20 bits per heavy atom. The van der Waals surface area contributed by atoms with Crippen LogP contribution in [0.1, 0.15) is 37.5 Å². The van der Waals surface area contributed by atoms with Gasteiger partial charge in [0.05, 0.1) is 6.10 Å². The fourth-order valence-electron chi connectivity index (χ4n) is 2.19. The first-order valence-electron chi connectivity index (χ1n) is 6.97. The minimum Gasteiger partial charge on any atom is -0.481 e. The molecule has 1 unspecified atom stereocenters. The molecule has 1 rings (SSSR count). The molecule has 0 fully saturated rings. The lowest BCUT2D eigenvalue weighted by molar-refractivity contribution is -0.149. The Kier molecular flexibility index (Phi) is 6.02. The van der Waals surface area contributed by atoms with Gasteiger partial charge in [-0.25, -0.2) is 4.79 Å². The molecule has 1 aromatic carbocycles. The summed E-state index contributed by atoms with van der Waals surface area (Å²) in [7, 11) is 0. The van der Waals surface area contributed by atoms with E-state index in [9.17, 15) is 4.79 Å². The molecule has 0 aliphatic carbocycles. The SMILES string of the molecule is Cc1cc(CC(C)N)cc(C)c1OCC(=O)OC(C)C. The van der Waals surface area contributed by atoms with Crippen molar-refractivity contribution in [3.05, 3.63) is 28.8 Å². The highest BCUT2D eigenvalue weighted by Crippen LogP contribution is 2.25. The summed E-state index contributed by atoms with van der Waals surface area (Å²) in [4.78, 5) is 11.5. The van der Waals surface area contributed by atoms with Crippen LogP contribution in [0.25, 0.3) is 0 Å². The van der Waals surface area contributed by atoms with E-state index < -0.39 is 0 Å². The highest BCUT2D eigenvalue weighted by molar-refractivity contribution is 5.71. The second-order valence-electron chi connectivity index (χ2n) is 5.57. The van der Waals surface area contributed by atoms with E-state index in [1.807, 2.05) is 34.6 Å². The Morgan fingerprint density at radius 2 is 1.75 bits per heavy atom. The van der Waals surface area contributed by atoms with Gasteiger partial charge >= 0.3 is 5.97 Å². The highest BCUT2D eigenvalue weighted by atomic mass is 16.6. The zero-order chi connectivity index (χ0) is 15.3. The summed E-state index contributed by atoms with van der Waals surface area (Å²) >= 11 is 0. The zero-order valence-electron chi connectivity index (χ0n) is 13.0. The number of benzene rings is 1. The summed E-state index contributed by atoms with van der Waals surface area (Å²) in [6, 6.07) is 4.24. The molecule has 0 aliphatic heterocycles. The van der Waals surface area contributed by atoms with Crippen LogP contribution >= 0.6 is 0 Å². The molecule has 0 radical (unpaired) electrons. The Balaban J connectivity index is 2.74. The molecule has 1 aromatic rings. The maximum Gasteiger partial charge on any atom is 0.344 e. The number of carbonyl (C=O) groups is 1. The smallest absolute Gasteiger partial charge is 0.344 e. The van der Waals surface area contributed by atoms with Gasteiger partial charge in [-0.3, -0.25) is 0 Å². The molecule has 0 heterocycles. The predicted molar refractivity (Wildman–Crippen MR) is 80.0 cm³/mol. The van der Waals surface area contributed by atoms with Gasteiger partial charge in [0.2, 0.25) is 0 Å². The standard InChI is InChI=1S/C16H25NO3/c1-10(2)20-15(18)9-19-16-11(3)6-14(7-12(16)4)8-13(5)17/h6-7,10,13H,8-9,17H2,1-5H3. The number of nitrogens with two attached hydrogens (primary N) is 1. The number of aryl methyl sites for hydroxylation is 2. The molecule has 20 heavy (non-hydrogen) atoms. The maximum atomic E-state index is 11.5. The quantitative estimate of drug-likeness (QED) is 0.813. The number of rotatable bonds is 6. The van der Waals surface area contributed by atoms with Gasteiger partial charge in [-0.15, -0.1) is 0 Å². The van der Waals surface area contributed by atoms with Crippen LogP contribution in [0.5, 0.6) is 5.75 Å². The van der Waals surface area contributed by atoms with Crippen molar-refractivity contribution in [3.63, 3.8) is 0 Å². The average molecular weight is 279 g/mol. The van der Waals surface area contributed by atoms with Gasteiger partial charge in [-0.1, -0.05) is 12.1 Å². The molecule has 4 heteroatoms. The molecule has 0 amide bonds. The molecule has 0 aliphatic rings. The average Bonchev–Trinajstić information content (AvgIpc) is 2.25. The molecule has 2 N–H and O–H groups in total. The van der Waals surface area contributed by atoms with E-state index in [4.69, 9.17) is 15.2 Å². The molecule has 0 saturated carbocycles. The van der Waals surface area contributed by atoms with Crippen LogP contribution in [-0.2, 0) is 16.0 Å². The van der Waals surface area contributed by atoms with Gasteiger partial charge in [0.1, 0.15) is 5.75 Å². The van der Waals surface area contributed by atoms with E-state index in [1.165, 1.54) is 5.56 Å². The van der Waals surface area contributed by atoms with Crippen molar-refractivity contribution < 1.29 is 14.3 Å². The fraction of sp³-hybridized carbons (Fsp3) is 0.562. The van der Waals surface area contributed by atoms with E-state index in [0.717, 1.165) is 23.3 Å². The van der Waals surface area contributed by atoms with Crippen molar-refractivity contribution >= 4 is 5.97 Å². The number of ether oxygens (including phenoxy) is 2. The van der Waals surface area contributed by atoms with Crippen molar-refractivity contribution in [2.24, 2.45) is 5.73 Å². The summed E-state index contributed by atoms with van der Waals surface area (Å²) in [5.41, 5.74) is 9.03. The number of carbonyl (C=O) groups excluding carboxylic acids is 1. The van der Waals surface area contributed by atoms with Crippen LogP contribution in [0.3, 0.4) is 0 Å². The lowest BCUT2D eigenvalue weighted by Crippen LogP contribution is -2.20. The third-order valence-corrected chi connectivity index (χ3v) is 2.78. The first kappa shape index (κ1) is 16.5. The van der Waals surface area contributed by atoms with Gasteiger partial charge in [-0.05, 0) is 57.7 Å². The van der Waals surface area contributed by atoms with Crippen molar-refractivity contribution in [3.8, 4) is 5.75 Å². The number of hydrogen-bond acceptors (Lipinski definition) is 4. The molecule has 0 aromatic heterocycles. The van der Waals surface area contributed by atoms with Crippen molar-refractivity contribution in [2.45, 2.75) is 53.2 Å². The summed E-state index contributed by atoms with van der Waals surface area (Å²) in [6.07, 6.45) is 0.707. The summed E-state index contributed by atoms with van der Waals surface area (Å²) in [6.45, 7) is 9.50. The van der Waals surface area contributed by atoms with Crippen LogP contribution in [0, 0.1) is 13.8 Å². The van der Waals surface area contributed by atoms with Crippen LogP contribution in [-0.4, -0.2) is 24.7 Å². The third-order valence-electron chi connectivity index (χ3n) is 2.78. The monoisotopic (exact) mass is 279 g/mol. The Bertz CT molecular complexity index is 444. The normalized spacial score (nSPS) is 12.3. The largest absolute Gasteiger partial charge is 0.481 e. The lowest BCUT2D eigenvalue weighted by Gasteiger charge is -2.15. The topological polar surface area (TPSA) is 61.5 Å². The number of hydrogen-bond donors (Lipinski definition) is 1. The van der Waals surface area contributed by atoms with Gasteiger partial charge < -0.3 is 15.2 Å². The Morgan fingerprint density at radius 3 is 2.20 bits per heavy atom. The molecular formula is C16H25NO3. The number of esters is 1. The minimum atomic E-state index is -0.349. The molecule has 4 nitrogen and oxygen atoms in total. The second kappa shape index (κ2) is 7.29. The molecular weight excluding hydrogens is 254 g/mol. The lowest BCUT2D eigenvalue weighted by atomic mass is 10.0. The second-order valence-corrected chi connectivity index (χ2v) is 5.57. The van der Waals surface area contributed by atoms with Gasteiger partial charge in [-0.2, -0.15) is 0 Å². The van der Waals surface area contributed by atoms with Crippen molar-refractivity contribution in [1.82, 2.24) is 0 Å². The van der Waals surface area contributed by atoms with Crippen LogP contribution < -0.4 is 10.5 Å². The van der Waals surface area contributed by atoms with E-state index in [-0.39, 0.29) is 24.7 Å². The summed E-state index contributed by atoms with van der Waals surface area (Å²) < 4.78 is 10.6. The van der Waals surface area contributed by atoms with E-state index >= 15 is 0 Å².